The second-order valence-electron chi connectivity index (χ2n) is 2.95. The van der Waals surface area contributed by atoms with Crippen molar-refractivity contribution in [1.82, 2.24) is 0 Å². The monoisotopic (exact) mass is 304 g/mol. The fourth-order valence-electron chi connectivity index (χ4n) is 0.813. The minimum absolute atomic E-state index is 0.0571. The highest BCUT2D eigenvalue weighted by atomic mass is 79.9. The van der Waals surface area contributed by atoms with Gasteiger partial charge in [-0.05, 0) is 18.2 Å². The molecule has 7 heteroatoms. The maximum Gasteiger partial charge on any atom is 0.456 e. The average Bonchev–Trinajstić information content (AvgIpc) is 2.13. The molecule has 0 amide bonds. The molecule has 1 nitrogen and oxygen atoms in total. The van der Waals surface area contributed by atoms with Crippen LogP contribution in [-0.2, 0) is 0 Å². The highest BCUT2D eigenvalue weighted by Gasteiger charge is 2.58. The number of hydrogen-bond acceptors (Lipinski definition) is 1. The van der Waals surface area contributed by atoms with Crippen molar-refractivity contribution >= 4 is 15.9 Å². The fraction of sp³-hybridized carbons (Fsp3) is 0.333. The van der Waals surface area contributed by atoms with E-state index in [1.807, 2.05) is 0 Å². The van der Waals surface area contributed by atoms with E-state index >= 15 is 0 Å². The number of alkyl halides is 5. The van der Waals surface area contributed by atoms with Gasteiger partial charge in [-0.25, -0.2) is 0 Å². The SMILES string of the molecule is FC(F)(F)C(F)(F)COc1cccc(Br)c1. The first-order valence-corrected chi connectivity index (χ1v) is 4.84. The lowest BCUT2D eigenvalue weighted by Crippen LogP contribution is -2.41. The average molecular weight is 305 g/mol. The van der Waals surface area contributed by atoms with E-state index in [2.05, 4.69) is 20.7 Å². The Morgan fingerprint density at radius 1 is 1.12 bits per heavy atom. The molecular formula is C9H6BrF5O. The molecule has 90 valence electrons. The Morgan fingerprint density at radius 2 is 1.75 bits per heavy atom. The molecule has 0 spiro atoms. The molecule has 0 N–H and O–H groups in total. The van der Waals surface area contributed by atoms with Crippen LogP contribution in [0.5, 0.6) is 5.75 Å². The van der Waals surface area contributed by atoms with Crippen LogP contribution < -0.4 is 4.74 Å². The molecule has 0 aromatic heterocycles. The van der Waals surface area contributed by atoms with Crippen molar-refractivity contribution < 1.29 is 26.7 Å². The van der Waals surface area contributed by atoms with Crippen molar-refractivity contribution in [3.63, 3.8) is 0 Å². The zero-order valence-corrected chi connectivity index (χ0v) is 9.28. The van der Waals surface area contributed by atoms with Gasteiger partial charge < -0.3 is 4.74 Å². The molecule has 0 radical (unpaired) electrons. The van der Waals surface area contributed by atoms with Crippen LogP contribution in [0.25, 0.3) is 0 Å². The summed E-state index contributed by atoms with van der Waals surface area (Å²) in [6.07, 6.45) is -5.60. The second-order valence-corrected chi connectivity index (χ2v) is 3.86. The Balaban J connectivity index is 2.65. The lowest BCUT2D eigenvalue weighted by molar-refractivity contribution is -0.290. The molecule has 0 unspecified atom stereocenters. The van der Waals surface area contributed by atoms with E-state index in [0.29, 0.717) is 4.47 Å². The summed E-state index contributed by atoms with van der Waals surface area (Å²) >= 11 is 3.03. The van der Waals surface area contributed by atoms with E-state index < -0.39 is 18.7 Å². The Hall–Kier alpha value is -0.850. The Kier molecular flexibility index (Phi) is 3.77. The molecule has 0 saturated heterocycles. The van der Waals surface area contributed by atoms with Crippen molar-refractivity contribution in [2.24, 2.45) is 0 Å². The molecule has 0 fully saturated rings. The summed E-state index contributed by atoms with van der Waals surface area (Å²) in [5.74, 6) is -4.91. The maximum absolute atomic E-state index is 12.5. The zero-order chi connectivity index (χ0) is 12.4. The van der Waals surface area contributed by atoms with Gasteiger partial charge in [-0.3, -0.25) is 0 Å². The number of halogens is 6. The summed E-state index contributed by atoms with van der Waals surface area (Å²) in [5.41, 5.74) is 0. The number of rotatable bonds is 3. The summed E-state index contributed by atoms with van der Waals surface area (Å²) in [6, 6.07) is 5.64. The van der Waals surface area contributed by atoms with Gasteiger partial charge in [0.25, 0.3) is 0 Å². The molecule has 1 aromatic rings. The van der Waals surface area contributed by atoms with Crippen molar-refractivity contribution in [2.45, 2.75) is 12.1 Å². The van der Waals surface area contributed by atoms with Gasteiger partial charge >= 0.3 is 12.1 Å². The van der Waals surface area contributed by atoms with Crippen molar-refractivity contribution in [3.8, 4) is 5.75 Å². The van der Waals surface area contributed by atoms with E-state index in [9.17, 15) is 22.0 Å². The highest BCUT2D eigenvalue weighted by Crippen LogP contribution is 2.35. The molecule has 0 bridgehead atoms. The minimum atomic E-state index is -5.60. The van der Waals surface area contributed by atoms with Gasteiger partial charge in [-0.1, -0.05) is 22.0 Å². The summed E-state index contributed by atoms with van der Waals surface area (Å²) < 4.78 is 65.1. The predicted octanol–water partition coefficient (Wildman–Crippen LogP) is 4.03. The van der Waals surface area contributed by atoms with E-state index in [-0.39, 0.29) is 5.75 Å². The third-order valence-electron chi connectivity index (χ3n) is 1.63. The fourth-order valence-corrected chi connectivity index (χ4v) is 1.19. The van der Waals surface area contributed by atoms with Gasteiger partial charge in [0.05, 0.1) is 0 Å². The third kappa shape index (κ3) is 3.33. The van der Waals surface area contributed by atoms with Crippen LogP contribution >= 0.6 is 15.9 Å². The largest absolute Gasteiger partial charge is 0.487 e. The van der Waals surface area contributed by atoms with Crippen LogP contribution in [0.15, 0.2) is 28.7 Å². The van der Waals surface area contributed by atoms with Gasteiger partial charge in [0.2, 0.25) is 0 Å². The first-order valence-electron chi connectivity index (χ1n) is 4.05. The molecule has 0 atom stereocenters. The van der Waals surface area contributed by atoms with Crippen LogP contribution in [0.3, 0.4) is 0 Å². The van der Waals surface area contributed by atoms with E-state index in [0.717, 1.165) is 0 Å². The molecule has 1 aromatic carbocycles. The van der Waals surface area contributed by atoms with Crippen LogP contribution in [0.2, 0.25) is 0 Å². The lowest BCUT2D eigenvalue weighted by Gasteiger charge is -2.19. The molecule has 0 heterocycles. The molecule has 0 saturated carbocycles. The van der Waals surface area contributed by atoms with Gasteiger partial charge in [-0.2, -0.15) is 22.0 Å². The van der Waals surface area contributed by atoms with Crippen molar-refractivity contribution in [2.75, 3.05) is 6.61 Å². The Bertz CT molecular complexity index is 363. The summed E-state index contributed by atoms with van der Waals surface area (Å²) in [4.78, 5) is 0. The topological polar surface area (TPSA) is 9.23 Å². The van der Waals surface area contributed by atoms with E-state index in [1.165, 1.54) is 18.2 Å². The van der Waals surface area contributed by atoms with Gasteiger partial charge in [0.1, 0.15) is 5.75 Å². The van der Waals surface area contributed by atoms with Crippen molar-refractivity contribution in [1.29, 1.82) is 0 Å². The number of benzene rings is 1. The van der Waals surface area contributed by atoms with Crippen LogP contribution in [0, 0.1) is 0 Å². The molecule has 16 heavy (non-hydrogen) atoms. The Labute approximate surface area is 96.3 Å². The Morgan fingerprint density at radius 3 is 2.25 bits per heavy atom. The molecule has 0 aliphatic carbocycles. The first kappa shape index (κ1) is 13.2. The summed E-state index contributed by atoms with van der Waals surface area (Å²) in [6.45, 7) is -1.73. The highest BCUT2D eigenvalue weighted by molar-refractivity contribution is 9.10. The quantitative estimate of drug-likeness (QED) is 0.766. The van der Waals surface area contributed by atoms with E-state index in [4.69, 9.17) is 0 Å². The standard InChI is InChI=1S/C9H6BrF5O/c10-6-2-1-3-7(4-6)16-5-8(11,12)9(13,14)15/h1-4H,5H2. The number of ether oxygens (including phenoxy) is 1. The molecule has 1 rings (SSSR count). The van der Waals surface area contributed by atoms with Gasteiger partial charge in [0.15, 0.2) is 6.61 Å². The zero-order valence-electron chi connectivity index (χ0n) is 7.69. The minimum Gasteiger partial charge on any atom is -0.487 e. The first-order chi connectivity index (χ1) is 7.22. The smallest absolute Gasteiger partial charge is 0.456 e. The summed E-state index contributed by atoms with van der Waals surface area (Å²) in [7, 11) is 0. The molecular weight excluding hydrogens is 299 g/mol. The molecule has 0 aliphatic rings. The molecule has 0 aliphatic heterocycles. The van der Waals surface area contributed by atoms with Crippen LogP contribution in [0.4, 0.5) is 22.0 Å². The predicted molar refractivity (Wildman–Crippen MR) is 50.6 cm³/mol. The number of hydrogen-bond donors (Lipinski definition) is 0. The second kappa shape index (κ2) is 4.57. The van der Waals surface area contributed by atoms with Crippen LogP contribution in [-0.4, -0.2) is 18.7 Å². The van der Waals surface area contributed by atoms with Crippen molar-refractivity contribution in [3.05, 3.63) is 28.7 Å². The lowest BCUT2D eigenvalue weighted by atomic mass is 10.3. The summed E-state index contributed by atoms with van der Waals surface area (Å²) in [5, 5.41) is 0. The maximum atomic E-state index is 12.5. The van der Waals surface area contributed by atoms with Gasteiger partial charge in [0, 0.05) is 4.47 Å². The van der Waals surface area contributed by atoms with Gasteiger partial charge in [-0.15, -0.1) is 0 Å². The van der Waals surface area contributed by atoms with Crippen LogP contribution in [0.1, 0.15) is 0 Å². The van der Waals surface area contributed by atoms with E-state index in [1.54, 1.807) is 6.07 Å². The third-order valence-corrected chi connectivity index (χ3v) is 2.12. The normalized spacial score (nSPS) is 12.6.